The van der Waals surface area contributed by atoms with Crippen molar-refractivity contribution in [3.63, 3.8) is 0 Å². The molecule has 0 aromatic heterocycles. The third kappa shape index (κ3) is 26.8. The van der Waals surface area contributed by atoms with Crippen molar-refractivity contribution in [1.82, 2.24) is 0 Å². The fourth-order valence-corrected chi connectivity index (χ4v) is 6.24. The van der Waals surface area contributed by atoms with Crippen LogP contribution in [0.15, 0.2) is 36.5 Å². The zero-order valence-electron chi connectivity index (χ0n) is 34.2. The summed E-state index contributed by atoms with van der Waals surface area (Å²) in [5, 5.41) is 39.7. The minimum atomic E-state index is -1.86. The molecule has 6 atom stereocenters. The lowest BCUT2D eigenvalue weighted by Crippen LogP contribution is -2.60. The Morgan fingerprint density at radius 3 is 1.58 bits per heavy atom. The lowest BCUT2D eigenvalue weighted by molar-refractivity contribution is -0.298. The van der Waals surface area contributed by atoms with Crippen molar-refractivity contribution < 1.29 is 53.8 Å². The van der Waals surface area contributed by atoms with E-state index in [4.69, 9.17) is 18.9 Å². The number of hydrogen-bond donors (Lipinski definition) is 4. The van der Waals surface area contributed by atoms with Crippen molar-refractivity contribution in [3.8, 4) is 0 Å². The highest BCUT2D eigenvalue weighted by Crippen LogP contribution is 2.23. The first-order valence-electron chi connectivity index (χ1n) is 21.5. The molecule has 0 saturated carbocycles. The Kier molecular flexibility index (Phi) is 31.8. The van der Waals surface area contributed by atoms with E-state index in [1.807, 2.05) is 0 Å². The largest absolute Gasteiger partial charge is 0.479 e. The second-order valence-electron chi connectivity index (χ2n) is 14.8. The highest BCUT2D eigenvalue weighted by atomic mass is 16.7. The maximum absolute atomic E-state index is 12.7. The Morgan fingerprint density at radius 1 is 0.564 bits per heavy atom. The molecule has 11 heteroatoms. The highest BCUT2D eigenvalue weighted by molar-refractivity contribution is 5.73. The van der Waals surface area contributed by atoms with E-state index in [0.717, 1.165) is 83.5 Å². The fraction of sp³-hybridized carbons (Fsp3) is 0.795. The zero-order valence-corrected chi connectivity index (χ0v) is 34.2. The number of esters is 2. The molecule has 11 nitrogen and oxygen atoms in total. The van der Waals surface area contributed by atoms with E-state index in [1.165, 1.54) is 51.4 Å². The first-order chi connectivity index (χ1) is 26.7. The Hall–Kier alpha value is -2.57. The van der Waals surface area contributed by atoms with E-state index in [0.29, 0.717) is 12.8 Å². The second-order valence-corrected chi connectivity index (χ2v) is 14.8. The van der Waals surface area contributed by atoms with Gasteiger partial charge in [-0.05, 0) is 64.2 Å². The molecule has 0 spiro atoms. The third-order valence-electron chi connectivity index (χ3n) is 9.71. The molecule has 318 valence electrons. The minimum absolute atomic E-state index is 0.170. The summed E-state index contributed by atoms with van der Waals surface area (Å²) in [6.45, 7) is 3.74. The van der Waals surface area contributed by atoms with Gasteiger partial charge in [-0.2, -0.15) is 0 Å². The molecule has 1 aliphatic rings. The zero-order chi connectivity index (χ0) is 40.4. The number of carboxylic acid groups (broad SMARTS) is 1. The van der Waals surface area contributed by atoms with E-state index in [9.17, 15) is 34.8 Å². The van der Waals surface area contributed by atoms with Gasteiger partial charge in [0.1, 0.15) is 24.9 Å². The van der Waals surface area contributed by atoms with Crippen LogP contribution < -0.4 is 0 Å². The summed E-state index contributed by atoms with van der Waals surface area (Å²) < 4.78 is 21.7. The van der Waals surface area contributed by atoms with Gasteiger partial charge in [-0.15, -0.1) is 0 Å². The van der Waals surface area contributed by atoms with E-state index in [2.05, 4.69) is 50.3 Å². The number of aliphatic hydroxyl groups excluding tert-OH is 3. The van der Waals surface area contributed by atoms with Crippen LogP contribution in [-0.4, -0.2) is 88.4 Å². The number of hydrogen-bond acceptors (Lipinski definition) is 10. The lowest BCUT2D eigenvalue weighted by Gasteiger charge is -2.38. The number of aliphatic carboxylic acids is 1. The van der Waals surface area contributed by atoms with Gasteiger partial charge >= 0.3 is 17.9 Å². The van der Waals surface area contributed by atoms with Gasteiger partial charge in [-0.1, -0.05) is 134 Å². The summed E-state index contributed by atoms with van der Waals surface area (Å²) in [4.78, 5) is 36.7. The molecule has 4 N–H and O–H groups in total. The predicted molar refractivity (Wildman–Crippen MR) is 215 cm³/mol. The van der Waals surface area contributed by atoms with Crippen molar-refractivity contribution >= 4 is 17.9 Å². The molecule has 1 aliphatic heterocycles. The van der Waals surface area contributed by atoms with E-state index in [-0.39, 0.29) is 19.4 Å². The number of carboxylic acids is 1. The van der Waals surface area contributed by atoms with Crippen LogP contribution in [0.4, 0.5) is 0 Å². The molecule has 55 heavy (non-hydrogen) atoms. The molecule has 1 saturated heterocycles. The van der Waals surface area contributed by atoms with Crippen LogP contribution in [0.3, 0.4) is 0 Å². The first kappa shape index (κ1) is 50.4. The maximum atomic E-state index is 12.7. The topological polar surface area (TPSA) is 169 Å². The average Bonchev–Trinajstić information content (AvgIpc) is 3.17. The fourth-order valence-electron chi connectivity index (χ4n) is 6.24. The van der Waals surface area contributed by atoms with Crippen LogP contribution in [0.1, 0.15) is 174 Å². The van der Waals surface area contributed by atoms with Crippen molar-refractivity contribution in [1.29, 1.82) is 0 Å². The van der Waals surface area contributed by atoms with Crippen LogP contribution in [0, 0.1) is 0 Å². The summed E-state index contributed by atoms with van der Waals surface area (Å²) in [7, 11) is 0. The molecule has 6 unspecified atom stereocenters. The van der Waals surface area contributed by atoms with E-state index in [1.54, 1.807) is 0 Å². The molecule has 1 heterocycles. The Balaban J connectivity index is 2.41. The van der Waals surface area contributed by atoms with Crippen LogP contribution >= 0.6 is 0 Å². The predicted octanol–water partition coefficient (Wildman–Crippen LogP) is 8.81. The quantitative estimate of drug-likeness (QED) is 0.0275. The van der Waals surface area contributed by atoms with Gasteiger partial charge in [0.05, 0.1) is 6.61 Å². The van der Waals surface area contributed by atoms with Gasteiger partial charge < -0.3 is 39.4 Å². The number of carbonyl (C=O) groups excluding carboxylic acids is 2. The Labute approximate surface area is 331 Å². The van der Waals surface area contributed by atoms with Crippen LogP contribution in [0.2, 0.25) is 0 Å². The van der Waals surface area contributed by atoms with Gasteiger partial charge in [0, 0.05) is 12.8 Å². The number of ether oxygens (including phenoxy) is 4. The van der Waals surface area contributed by atoms with Crippen molar-refractivity contribution in [2.24, 2.45) is 0 Å². The number of carbonyl (C=O) groups is 3. The number of rotatable bonds is 35. The van der Waals surface area contributed by atoms with Crippen molar-refractivity contribution in [2.75, 3.05) is 13.2 Å². The van der Waals surface area contributed by atoms with Crippen molar-refractivity contribution in [3.05, 3.63) is 36.5 Å². The molecule has 0 aliphatic carbocycles. The summed E-state index contributed by atoms with van der Waals surface area (Å²) >= 11 is 0. The van der Waals surface area contributed by atoms with Gasteiger partial charge in [0.25, 0.3) is 0 Å². The lowest BCUT2D eigenvalue weighted by atomic mass is 9.99. The van der Waals surface area contributed by atoms with Gasteiger partial charge in [-0.25, -0.2) is 4.79 Å². The Bertz CT molecular complexity index is 1060. The smallest absolute Gasteiger partial charge is 0.335 e. The normalized spacial score (nSPS) is 20.8. The average molecular weight is 781 g/mol. The number of aliphatic hydroxyl groups is 3. The molecule has 0 aromatic carbocycles. The maximum Gasteiger partial charge on any atom is 0.335 e. The summed E-state index contributed by atoms with van der Waals surface area (Å²) in [5.74, 6) is -2.47. The van der Waals surface area contributed by atoms with Crippen molar-refractivity contribution in [2.45, 2.75) is 211 Å². The Morgan fingerprint density at radius 2 is 1.04 bits per heavy atom. The van der Waals surface area contributed by atoms with Gasteiger partial charge in [0.15, 0.2) is 18.5 Å². The van der Waals surface area contributed by atoms with Gasteiger partial charge in [-0.3, -0.25) is 9.59 Å². The molecular weight excluding hydrogens is 704 g/mol. The molecule has 0 amide bonds. The highest BCUT2D eigenvalue weighted by Gasteiger charge is 2.47. The standard InChI is InChI=1S/C44H76O11/c1-3-5-7-9-11-13-15-17-19-21-23-25-27-29-31-33-38(46)54-36(35-53-44-41(49)39(47)40(48)42(55-44)43(50)51)34-52-37(45)32-30-28-26-24-22-20-18-16-14-12-10-8-6-4-2/h10,12,16-19,36,39-42,44,47-49H,3-9,11,13-15,20-35H2,1-2H3,(H,50,51)/b12-10-,18-16-,19-17-. The van der Waals surface area contributed by atoms with E-state index >= 15 is 0 Å². The van der Waals surface area contributed by atoms with Crippen LogP contribution in [0.25, 0.3) is 0 Å². The molecule has 0 bridgehead atoms. The number of unbranched alkanes of at least 4 members (excludes halogenated alkanes) is 18. The first-order valence-corrected chi connectivity index (χ1v) is 21.5. The molecular formula is C44H76O11. The van der Waals surface area contributed by atoms with Crippen LogP contribution in [0.5, 0.6) is 0 Å². The second kappa shape index (κ2) is 34.7. The third-order valence-corrected chi connectivity index (χ3v) is 9.71. The van der Waals surface area contributed by atoms with Crippen LogP contribution in [-0.2, 0) is 33.3 Å². The minimum Gasteiger partial charge on any atom is -0.479 e. The molecule has 0 radical (unpaired) electrons. The molecule has 1 rings (SSSR count). The molecule has 1 fully saturated rings. The number of allylic oxidation sites excluding steroid dienone is 6. The monoisotopic (exact) mass is 781 g/mol. The van der Waals surface area contributed by atoms with Gasteiger partial charge in [0.2, 0.25) is 0 Å². The summed E-state index contributed by atoms with van der Waals surface area (Å²) in [6, 6.07) is 0. The summed E-state index contributed by atoms with van der Waals surface area (Å²) in [5.41, 5.74) is 0. The van der Waals surface area contributed by atoms with E-state index < -0.39 is 61.3 Å². The summed E-state index contributed by atoms with van der Waals surface area (Å²) in [6.07, 6.45) is 29.1. The molecule has 0 aromatic rings. The SMILES string of the molecule is CCCC/C=C\C/C=C\CCCCCCCC(=O)OCC(COC1OC(C(=O)O)C(O)C(O)C1O)OC(=O)CCCCCCC/C=C\CCCCCCCC.